The average Bonchev–Trinajstić information content (AvgIpc) is 2.85. The van der Waals surface area contributed by atoms with E-state index < -0.39 is 15.6 Å². The highest BCUT2D eigenvalue weighted by molar-refractivity contribution is 7.90. The second kappa shape index (κ2) is 3.22. The Hall–Kier alpha value is -0.130. The van der Waals surface area contributed by atoms with Gasteiger partial charge in [-0.2, -0.15) is 4.31 Å². The highest BCUT2D eigenvalue weighted by atomic mass is 32.2. The number of nitrogens with two attached hydrogens (primary N) is 1. The average molecular weight is 206 g/mol. The van der Waals surface area contributed by atoms with Gasteiger partial charge in [-0.05, 0) is 26.7 Å². The van der Waals surface area contributed by atoms with E-state index in [0.29, 0.717) is 6.54 Å². The Bertz CT molecular complexity index is 281. The monoisotopic (exact) mass is 206 g/mol. The zero-order valence-corrected chi connectivity index (χ0v) is 9.26. The first kappa shape index (κ1) is 10.9. The van der Waals surface area contributed by atoms with E-state index in [9.17, 15) is 8.42 Å². The first-order valence-electron chi connectivity index (χ1n) is 4.50. The smallest absolute Gasteiger partial charge is 0.217 e. The van der Waals surface area contributed by atoms with Crippen LogP contribution in [0.5, 0.6) is 0 Å². The molecule has 1 rings (SSSR count). The lowest BCUT2D eigenvalue weighted by atomic mass is 10.1. The predicted molar refractivity (Wildman–Crippen MR) is 52.8 cm³/mol. The molecule has 5 heteroatoms. The maximum absolute atomic E-state index is 11.8. The van der Waals surface area contributed by atoms with Crippen molar-refractivity contribution >= 4 is 10.0 Å². The first-order valence-corrected chi connectivity index (χ1v) is 6.00. The molecule has 0 bridgehead atoms. The Balaban J connectivity index is 2.82. The van der Waals surface area contributed by atoms with Crippen LogP contribution in [0.4, 0.5) is 0 Å². The van der Waals surface area contributed by atoms with Gasteiger partial charge in [-0.25, -0.2) is 8.42 Å². The molecule has 0 radical (unpaired) electrons. The molecule has 13 heavy (non-hydrogen) atoms. The Morgan fingerprint density at radius 3 is 2.23 bits per heavy atom. The molecule has 0 saturated heterocycles. The third-order valence-electron chi connectivity index (χ3n) is 2.68. The summed E-state index contributed by atoms with van der Waals surface area (Å²) in [6.45, 7) is 4.02. The molecule has 1 aliphatic carbocycles. The molecule has 0 aromatic heterocycles. The Morgan fingerprint density at radius 2 is 1.92 bits per heavy atom. The van der Waals surface area contributed by atoms with Crippen LogP contribution in [0.15, 0.2) is 0 Å². The van der Waals surface area contributed by atoms with Crippen molar-refractivity contribution in [3.05, 3.63) is 0 Å². The fraction of sp³-hybridized carbons (Fsp3) is 1.00. The SMILES string of the molecule is CN(C(C)(C)CN)S(=O)(=O)C1CC1. The molecule has 1 aliphatic rings. The third-order valence-corrected chi connectivity index (χ3v) is 5.25. The minimum atomic E-state index is -3.08. The maximum Gasteiger partial charge on any atom is 0.217 e. The van der Waals surface area contributed by atoms with Crippen molar-refractivity contribution in [2.45, 2.75) is 37.5 Å². The van der Waals surface area contributed by atoms with E-state index in [1.807, 2.05) is 13.8 Å². The summed E-state index contributed by atoms with van der Waals surface area (Å²) in [5.41, 5.74) is 5.05. The van der Waals surface area contributed by atoms with Crippen molar-refractivity contribution in [1.82, 2.24) is 4.31 Å². The van der Waals surface area contributed by atoms with Crippen LogP contribution in [0, 0.1) is 0 Å². The lowest BCUT2D eigenvalue weighted by molar-refractivity contribution is 0.273. The molecule has 1 fully saturated rings. The summed E-state index contributed by atoms with van der Waals surface area (Å²) in [4.78, 5) is 0. The second-order valence-corrected chi connectivity index (χ2v) is 6.47. The van der Waals surface area contributed by atoms with Crippen LogP contribution in [0.2, 0.25) is 0 Å². The van der Waals surface area contributed by atoms with Crippen molar-refractivity contribution < 1.29 is 8.42 Å². The molecule has 78 valence electrons. The topological polar surface area (TPSA) is 63.4 Å². The van der Waals surface area contributed by atoms with Crippen LogP contribution < -0.4 is 5.73 Å². The van der Waals surface area contributed by atoms with E-state index in [1.54, 1.807) is 7.05 Å². The zero-order valence-electron chi connectivity index (χ0n) is 8.45. The number of nitrogens with zero attached hydrogens (tertiary/aromatic N) is 1. The quantitative estimate of drug-likeness (QED) is 0.712. The minimum absolute atomic E-state index is 0.150. The van der Waals surface area contributed by atoms with E-state index in [1.165, 1.54) is 4.31 Å². The first-order chi connectivity index (χ1) is 5.82. The van der Waals surface area contributed by atoms with Crippen molar-refractivity contribution in [1.29, 1.82) is 0 Å². The summed E-state index contributed by atoms with van der Waals surface area (Å²) in [6, 6.07) is 0. The summed E-state index contributed by atoms with van der Waals surface area (Å²) >= 11 is 0. The van der Waals surface area contributed by atoms with Crippen molar-refractivity contribution in [2.75, 3.05) is 13.6 Å². The van der Waals surface area contributed by atoms with Gasteiger partial charge in [0.05, 0.1) is 5.25 Å². The van der Waals surface area contributed by atoms with E-state index in [0.717, 1.165) is 12.8 Å². The van der Waals surface area contributed by atoms with Crippen LogP contribution in [0.1, 0.15) is 26.7 Å². The number of rotatable bonds is 4. The largest absolute Gasteiger partial charge is 0.329 e. The van der Waals surface area contributed by atoms with Gasteiger partial charge in [0, 0.05) is 19.1 Å². The number of hydrogen-bond donors (Lipinski definition) is 1. The highest BCUT2D eigenvalue weighted by Gasteiger charge is 2.43. The van der Waals surface area contributed by atoms with Crippen molar-refractivity contribution in [3.63, 3.8) is 0 Å². The van der Waals surface area contributed by atoms with Gasteiger partial charge in [-0.1, -0.05) is 0 Å². The fourth-order valence-electron chi connectivity index (χ4n) is 1.06. The van der Waals surface area contributed by atoms with Crippen LogP contribution in [0.3, 0.4) is 0 Å². The van der Waals surface area contributed by atoms with Gasteiger partial charge in [-0.3, -0.25) is 0 Å². The molecule has 0 atom stereocenters. The molecule has 4 nitrogen and oxygen atoms in total. The van der Waals surface area contributed by atoms with Crippen LogP contribution >= 0.6 is 0 Å². The lowest BCUT2D eigenvalue weighted by Crippen LogP contribution is -2.50. The molecule has 0 aromatic carbocycles. The van der Waals surface area contributed by atoms with Crippen LogP contribution in [0.25, 0.3) is 0 Å². The summed E-state index contributed by atoms with van der Waals surface area (Å²) in [5.74, 6) is 0. The molecular weight excluding hydrogens is 188 g/mol. The predicted octanol–water partition coefficient (Wildman–Crippen LogP) is 0.148. The van der Waals surface area contributed by atoms with Gasteiger partial charge in [-0.15, -0.1) is 0 Å². The Labute approximate surface area is 80.1 Å². The molecular formula is C8H18N2O2S. The third kappa shape index (κ3) is 2.03. The molecule has 0 unspecified atom stereocenters. The molecule has 0 spiro atoms. The van der Waals surface area contributed by atoms with Gasteiger partial charge < -0.3 is 5.73 Å². The molecule has 2 N–H and O–H groups in total. The summed E-state index contributed by atoms with van der Waals surface area (Å²) in [7, 11) is -1.47. The maximum atomic E-state index is 11.8. The van der Waals surface area contributed by atoms with E-state index in [4.69, 9.17) is 5.73 Å². The van der Waals surface area contributed by atoms with Gasteiger partial charge in [0.25, 0.3) is 0 Å². The van der Waals surface area contributed by atoms with E-state index in [2.05, 4.69) is 0 Å². The fourth-order valence-corrected chi connectivity index (χ4v) is 3.00. The zero-order chi connectivity index (χ0) is 10.3. The normalized spacial score (nSPS) is 19.5. The van der Waals surface area contributed by atoms with Gasteiger partial charge in [0.1, 0.15) is 0 Å². The molecule has 0 aliphatic heterocycles. The Morgan fingerprint density at radius 1 is 1.46 bits per heavy atom. The molecule has 1 saturated carbocycles. The van der Waals surface area contributed by atoms with E-state index >= 15 is 0 Å². The number of sulfonamides is 1. The van der Waals surface area contributed by atoms with Crippen LogP contribution in [-0.2, 0) is 10.0 Å². The molecule has 0 aromatic rings. The van der Waals surface area contributed by atoms with Crippen LogP contribution in [-0.4, -0.2) is 37.1 Å². The van der Waals surface area contributed by atoms with Gasteiger partial charge in [0.15, 0.2) is 0 Å². The van der Waals surface area contributed by atoms with Gasteiger partial charge in [0.2, 0.25) is 10.0 Å². The summed E-state index contributed by atoms with van der Waals surface area (Å²) < 4.78 is 25.0. The summed E-state index contributed by atoms with van der Waals surface area (Å²) in [5, 5.41) is -0.150. The molecule has 0 heterocycles. The van der Waals surface area contributed by atoms with Crippen molar-refractivity contribution in [2.24, 2.45) is 5.73 Å². The Kier molecular flexibility index (Phi) is 2.71. The summed E-state index contributed by atoms with van der Waals surface area (Å²) in [6.07, 6.45) is 1.60. The molecule has 0 amide bonds. The second-order valence-electron chi connectivity index (χ2n) is 4.23. The van der Waals surface area contributed by atoms with Gasteiger partial charge >= 0.3 is 0 Å². The van der Waals surface area contributed by atoms with E-state index in [-0.39, 0.29) is 5.25 Å². The lowest BCUT2D eigenvalue weighted by Gasteiger charge is -2.33. The number of hydrogen-bond acceptors (Lipinski definition) is 3. The highest BCUT2D eigenvalue weighted by Crippen LogP contribution is 2.32. The standard InChI is InChI=1S/C8H18N2O2S/c1-8(2,6-9)10(3)13(11,12)7-4-5-7/h7H,4-6,9H2,1-3H3. The number of likely N-dealkylation sites (N-methyl/N-ethyl adjacent to an activating group) is 1. The van der Waals surface area contributed by atoms with Crippen molar-refractivity contribution in [3.8, 4) is 0 Å². The minimum Gasteiger partial charge on any atom is -0.329 e.